The zero-order chi connectivity index (χ0) is 22.6. The van der Waals surface area contributed by atoms with Crippen LogP contribution in [-0.4, -0.2) is 78.9 Å². The lowest BCUT2D eigenvalue weighted by molar-refractivity contribution is -0.0743. The van der Waals surface area contributed by atoms with Gasteiger partial charge in [-0.15, -0.1) is 0 Å². The zero-order valence-corrected chi connectivity index (χ0v) is 18.7. The standard InChI is InChI=1S/C25H33FN2O4/c1-20-5-2-3-8-23(20)32-19-25(30)17-27(13-14-31-18-25)16-24(29)9-11-28(12-10-24)22-7-4-6-21(26)15-22/h2-8,15,29-30H,9-14,16-19H2,1H3/t25-/m1/s1. The van der Waals surface area contributed by atoms with Gasteiger partial charge in [0.25, 0.3) is 0 Å². The van der Waals surface area contributed by atoms with Crippen LogP contribution in [0.15, 0.2) is 48.5 Å². The third-order valence-corrected chi connectivity index (χ3v) is 6.42. The van der Waals surface area contributed by atoms with Gasteiger partial charge < -0.3 is 24.6 Å². The molecule has 174 valence electrons. The van der Waals surface area contributed by atoms with Gasteiger partial charge in [-0.2, -0.15) is 0 Å². The second kappa shape index (κ2) is 9.75. The van der Waals surface area contributed by atoms with Crippen molar-refractivity contribution in [1.29, 1.82) is 0 Å². The van der Waals surface area contributed by atoms with Gasteiger partial charge in [0.05, 0.1) is 18.8 Å². The normalized spacial score (nSPS) is 24.2. The Morgan fingerprint density at radius 3 is 2.56 bits per heavy atom. The number of aryl methyl sites for hydroxylation is 1. The zero-order valence-electron chi connectivity index (χ0n) is 18.7. The van der Waals surface area contributed by atoms with Gasteiger partial charge in [-0.05, 0) is 49.6 Å². The molecule has 7 heteroatoms. The number of benzene rings is 2. The van der Waals surface area contributed by atoms with Crippen molar-refractivity contribution in [2.45, 2.75) is 31.0 Å². The molecule has 0 spiro atoms. The maximum absolute atomic E-state index is 13.6. The maximum Gasteiger partial charge on any atom is 0.134 e. The number of halogens is 1. The van der Waals surface area contributed by atoms with E-state index in [0.717, 1.165) is 17.0 Å². The lowest BCUT2D eigenvalue weighted by Crippen LogP contribution is -2.55. The van der Waals surface area contributed by atoms with E-state index < -0.39 is 11.2 Å². The average molecular weight is 445 g/mol. The highest BCUT2D eigenvalue weighted by atomic mass is 19.1. The molecule has 0 aromatic heterocycles. The van der Waals surface area contributed by atoms with E-state index in [-0.39, 0.29) is 19.0 Å². The summed E-state index contributed by atoms with van der Waals surface area (Å²) in [5.74, 6) is 0.500. The van der Waals surface area contributed by atoms with E-state index in [4.69, 9.17) is 9.47 Å². The van der Waals surface area contributed by atoms with Crippen LogP contribution in [0.5, 0.6) is 5.75 Å². The number of ether oxygens (including phenoxy) is 2. The minimum atomic E-state index is -1.16. The number of hydrogen-bond acceptors (Lipinski definition) is 6. The fourth-order valence-corrected chi connectivity index (χ4v) is 4.58. The van der Waals surface area contributed by atoms with Gasteiger partial charge in [0.1, 0.15) is 23.8 Å². The van der Waals surface area contributed by atoms with Gasteiger partial charge in [-0.3, -0.25) is 4.90 Å². The fraction of sp³-hybridized carbons (Fsp3) is 0.520. The molecule has 2 aliphatic heterocycles. The fourth-order valence-electron chi connectivity index (χ4n) is 4.58. The van der Waals surface area contributed by atoms with Crippen molar-refractivity contribution < 1.29 is 24.1 Å². The Labute approximate surface area is 189 Å². The predicted octanol–water partition coefficient (Wildman–Crippen LogP) is 2.61. The van der Waals surface area contributed by atoms with Gasteiger partial charge >= 0.3 is 0 Å². The first kappa shape index (κ1) is 23.0. The summed E-state index contributed by atoms with van der Waals surface area (Å²) in [5, 5.41) is 22.4. The Kier molecular flexibility index (Phi) is 7.00. The van der Waals surface area contributed by atoms with Crippen LogP contribution < -0.4 is 9.64 Å². The third-order valence-electron chi connectivity index (χ3n) is 6.42. The van der Waals surface area contributed by atoms with Gasteiger partial charge in [0.15, 0.2) is 0 Å². The Morgan fingerprint density at radius 2 is 1.81 bits per heavy atom. The molecule has 32 heavy (non-hydrogen) atoms. The van der Waals surface area contributed by atoms with Crippen molar-refractivity contribution in [1.82, 2.24) is 4.90 Å². The third kappa shape index (κ3) is 5.78. The SMILES string of the molecule is Cc1ccccc1OC[C@]1(O)COCCN(CC2(O)CCN(c3cccc(F)c3)CC2)C1. The summed E-state index contributed by atoms with van der Waals surface area (Å²) in [4.78, 5) is 4.18. The molecule has 0 saturated carbocycles. The summed E-state index contributed by atoms with van der Waals surface area (Å²) < 4.78 is 25.1. The van der Waals surface area contributed by atoms with Crippen LogP contribution in [0, 0.1) is 12.7 Å². The molecule has 0 radical (unpaired) electrons. The Balaban J connectivity index is 1.34. The number of piperidine rings is 1. The van der Waals surface area contributed by atoms with Gasteiger partial charge in [-0.1, -0.05) is 24.3 Å². The summed E-state index contributed by atoms with van der Waals surface area (Å²) in [6.07, 6.45) is 1.16. The summed E-state index contributed by atoms with van der Waals surface area (Å²) in [6, 6.07) is 14.3. The highest BCUT2D eigenvalue weighted by molar-refractivity contribution is 5.47. The lowest BCUT2D eigenvalue weighted by atomic mass is 9.90. The van der Waals surface area contributed by atoms with Crippen LogP contribution in [-0.2, 0) is 4.74 Å². The van der Waals surface area contributed by atoms with E-state index in [9.17, 15) is 14.6 Å². The molecule has 0 amide bonds. The maximum atomic E-state index is 13.6. The highest BCUT2D eigenvalue weighted by Crippen LogP contribution is 2.29. The largest absolute Gasteiger partial charge is 0.490 e. The smallest absolute Gasteiger partial charge is 0.134 e. The molecule has 2 aliphatic rings. The number of aliphatic hydroxyl groups is 2. The Hall–Kier alpha value is -2.19. The number of nitrogens with zero attached hydrogens (tertiary/aromatic N) is 2. The minimum Gasteiger partial charge on any atom is -0.490 e. The van der Waals surface area contributed by atoms with Crippen LogP contribution in [0.2, 0.25) is 0 Å². The van der Waals surface area contributed by atoms with Gasteiger partial charge in [0.2, 0.25) is 0 Å². The summed E-state index contributed by atoms with van der Waals surface area (Å²) in [7, 11) is 0. The molecular formula is C25H33FN2O4. The molecule has 0 bridgehead atoms. The van der Waals surface area contributed by atoms with Crippen molar-refractivity contribution in [3.63, 3.8) is 0 Å². The van der Waals surface area contributed by atoms with E-state index in [0.29, 0.717) is 52.2 Å². The van der Waals surface area contributed by atoms with Crippen molar-refractivity contribution >= 4 is 5.69 Å². The summed E-state index contributed by atoms with van der Waals surface area (Å²) >= 11 is 0. The van der Waals surface area contributed by atoms with Crippen LogP contribution in [0.3, 0.4) is 0 Å². The Bertz CT molecular complexity index is 903. The van der Waals surface area contributed by atoms with Crippen molar-refractivity contribution in [3.05, 3.63) is 59.9 Å². The Morgan fingerprint density at radius 1 is 1.03 bits per heavy atom. The van der Waals surface area contributed by atoms with Crippen LogP contribution in [0.1, 0.15) is 18.4 Å². The quantitative estimate of drug-likeness (QED) is 0.714. The molecule has 2 aromatic rings. The van der Waals surface area contributed by atoms with Gasteiger partial charge in [0, 0.05) is 38.4 Å². The highest BCUT2D eigenvalue weighted by Gasteiger charge is 2.39. The van der Waals surface area contributed by atoms with Crippen LogP contribution in [0.25, 0.3) is 0 Å². The molecule has 6 nitrogen and oxygen atoms in total. The van der Waals surface area contributed by atoms with Crippen LogP contribution in [0.4, 0.5) is 10.1 Å². The monoisotopic (exact) mass is 444 g/mol. The molecule has 1 atom stereocenters. The average Bonchev–Trinajstić information content (AvgIpc) is 2.94. The van der Waals surface area contributed by atoms with E-state index in [1.165, 1.54) is 12.1 Å². The molecule has 2 fully saturated rings. The van der Waals surface area contributed by atoms with Crippen LogP contribution >= 0.6 is 0 Å². The predicted molar refractivity (Wildman–Crippen MR) is 122 cm³/mol. The van der Waals surface area contributed by atoms with Gasteiger partial charge in [-0.25, -0.2) is 4.39 Å². The minimum absolute atomic E-state index is 0.125. The number of para-hydroxylation sites is 1. The molecule has 0 aliphatic carbocycles. The van der Waals surface area contributed by atoms with Crippen molar-refractivity contribution in [2.24, 2.45) is 0 Å². The first-order chi connectivity index (χ1) is 15.3. The molecule has 4 rings (SSSR count). The molecule has 2 heterocycles. The molecule has 0 unspecified atom stereocenters. The summed E-state index contributed by atoms with van der Waals surface area (Å²) in [5.41, 5.74) is -0.150. The summed E-state index contributed by atoms with van der Waals surface area (Å²) in [6.45, 7) is 5.58. The van der Waals surface area contributed by atoms with Crippen molar-refractivity contribution in [3.8, 4) is 5.75 Å². The number of hydrogen-bond donors (Lipinski definition) is 2. The second-order valence-corrected chi connectivity index (χ2v) is 9.23. The van der Waals surface area contributed by atoms with E-state index >= 15 is 0 Å². The van der Waals surface area contributed by atoms with E-state index in [2.05, 4.69) is 9.80 Å². The second-order valence-electron chi connectivity index (χ2n) is 9.23. The van der Waals surface area contributed by atoms with E-state index in [1.54, 1.807) is 6.07 Å². The number of rotatable bonds is 6. The molecule has 2 N–H and O–H groups in total. The van der Waals surface area contributed by atoms with Crippen molar-refractivity contribution in [2.75, 3.05) is 57.4 Å². The molecular weight excluding hydrogens is 411 g/mol. The number of β-amino-alcohol motifs (C(OH)–C–C–N with tert-alkyl or cyclic N) is 2. The number of anilines is 1. The van der Waals surface area contributed by atoms with E-state index in [1.807, 2.05) is 37.3 Å². The first-order valence-corrected chi connectivity index (χ1v) is 11.3. The molecule has 2 aromatic carbocycles. The topological polar surface area (TPSA) is 65.4 Å². The first-order valence-electron chi connectivity index (χ1n) is 11.3. The lowest BCUT2D eigenvalue weighted by Gasteiger charge is -2.42. The molecule has 2 saturated heterocycles.